The molecule has 0 radical (unpaired) electrons. The fourth-order valence-corrected chi connectivity index (χ4v) is 2.74. The second-order valence-electron chi connectivity index (χ2n) is 5.45. The van der Waals surface area contributed by atoms with Crippen molar-refractivity contribution in [2.45, 2.75) is 6.42 Å². The zero-order chi connectivity index (χ0) is 15.8. The quantitative estimate of drug-likeness (QED) is 0.807. The zero-order valence-electron chi connectivity index (χ0n) is 12.3. The smallest absolute Gasteiger partial charge is 0.335 e. The van der Waals surface area contributed by atoms with Crippen molar-refractivity contribution >= 4 is 5.97 Å². The first-order chi connectivity index (χ1) is 11.2. The van der Waals surface area contributed by atoms with Gasteiger partial charge in [-0.1, -0.05) is 18.2 Å². The van der Waals surface area contributed by atoms with Crippen LogP contribution in [0.15, 0.2) is 54.9 Å². The topological polar surface area (TPSA) is 64.3 Å². The van der Waals surface area contributed by atoms with E-state index in [-0.39, 0.29) is 5.56 Å². The number of rotatable bonds is 3. The van der Waals surface area contributed by atoms with E-state index in [1.54, 1.807) is 29.1 Å². The van der Waals surface area contributed by atoms with Gasteiger partial charge in [0.05, 0.1) is 24.1 Å². The van der Waals surface area contributed by atoms with Crippen LogP contribution < -0.4 is 4.74 Å². The van der Waals surface area contributed by atoms with E-state index >= 15 is 0 Å². The molecule has 23 heavy (non-hydrogen) atoms. The fourth-order valence-electron chi connectivity index (χ4n) is 2.74. The Hall–Kier alpha value is -3.08. The number of hydrogen-bond donors (Lipinski definition) is 1. The van der Waals surface area contributed by atoms with Crippen molar-refractivity contribution in [2.24, 2.45) is 0 Å². The number of nitrogens with zero attached hydrogens (tertiary/aromatic N) is 2. The van der Waals surface area contributed by atoms with Gasteiger partial charge in [0.2, 0.25) is 0 Å². The molecule has 0 atom stereocenters. The van der Waals surface area contributed by atoms with Crippen LogP contribution in [-0.2, 0) is 6.42 Å². The molecule has 0 unspecified atom stereocenters. The van der Waals surface area contributed by atoms with E-state index in [2.05, 4.69) is 11.2 Å². The molecule has 4 rings (SSSR count). The monoisotopic (exact) mass is 306 g/mol. The maximum atomic E-state index is 11.1. The van der Waals surface area contributed by atoms with E-state index in [0.717, 1.165) is 35.6 Å². The summed E-state index contributed by atoms with van der Waals surface area (Å²) in [5, 5.41) is 13.5. The minimum Gasteiger partial charge on any atom is -0.493 e. The predicted molar refractivity (Wildman–Crippen MR) is 85.2 cm³/mol. The van der Waals surface area contributed by atoms with Gasteiger partial charge in [0, 0.05) is 24.2 Å². The van der Waals surface area contributed by atoms with Gasteiger partial charge < -0.3 is 9.84 Å². The van der Waals surface area contributed by atoms with E-state index in [1.807, 2.05) is 24.4 Å². The van der Waals surface area contributed by atoms with Crippen LogP contribution in [0.3, 0.4) is 0 Å². The summed E-state index contributed by atoms with van der Waals surface area (Å²) in [6.07, 6.45) is 4.56. The van der Waals surface area contributed by atoms with Crippen LogP contribution in [0.4, 0.5) is 0 Å². The van der Waals surface area contributed by atoms with Crippen LogP contribution in [0.5, 0.6) is 5.75 Å². The summed E-state index contributed by atoms with van der Waals surface area (Å²) < 4.78 is 7.36. The van der Waals surface area contributed by atoms with Crippen molar-refractivity contribution in [3.63, 3.8) is 0 Å². The SMILES string of the molecule is O=C(O)c1cccc(-c2cnn(-c3ccc4c(c3)OCC4)c2)c1. The highest BCUT2D eigenvalue weighted by Gasteiger charge is 2.13. The summed E-state index contributed by atoms with van der Waals surface area (Å²) in [4.78, 5) is 11.1. The lowest BCUT2D eigenvalue weighted by atomic mass is 10.1. The summed E-state index contributed by atoms with van der Waals surface area (Å²) in [6.45, 7) is 0.727. The lowest BCUT2D eigenvalue weighted by Gasteiger charge is -2.04. The van der Waals surface area contributed by atoms with Crippen LogP contribution in [0.2, 0.25) is 0 Å². The molecule has 5 heteroatoms. The van der Waals surface area contributed by atoms with Crippen LogP contribution in [-0.4, -0.2) is 27.5 Å². The molecule has 1 N–H and O–H groups in total. The highest BCUT2D eigenvalue weighted by molar-refractivity contribution is 5.89. The van der Waals surface area contributed by atoms with Gasteiger partial charge in [-0.3, -0.25) is 0 Å². The molecule has 1 aromatic heterocycles. The molecule has 3 aromatic rings. The van der Waals surface area contributed by atoms with Gasteiger partial charge in [-0.05, 0) is 29.3 Å². The molecule has 1 aliphatic rings. The molecule has 0 bridgehead atoms. The summed E-state index contributed by atoms with van der Waals surface area (Å²) >= 11 is 0. The third-order valence-electron chi connectivity index (χ3n) is 3.97. The lowest BCUT2D eigenvalue weighted by Crippen LogP contribution is -1.95. The van der Waals surface area contributed by atoms with Crippen LogP contribution in [0.25, 0.3) is 16.8 Å². The first kappa shape index (κ1) is 13.6. The standard InChI is InChI=1S/C18H14N2O3/c21-18(22)14-3-1-2-13(8-14)15-10-19-20(11-15)16-5-4-12-6-7-23-17(12)9-16/h1-5,8-11H,6-7H2,(H,21,22). The van der Waals surface area contributed by atoms with Crippen molar-refractivity contribution in [1.29, 1.82) is 0 Å². The second-order valence-corrected chi connectivity index (χ2v) is 5.45. The Bertz CT molecular complexity index is 899. The van der Waals surface area contributed by atoms with Gasteiger partial charge in [-0.2, -0.15) is 5.10 Å². The van der Waals surface area contributed by atoms with Crippen molar-refractivity contribution in [2.75, 3.05) is 6.61 Å². The van der Waals surface area contributed by atoms with Gasteiger partial charge in [0.1, 0.15) is 5.75 Å². The van der Waals surface area contributed by atoms with E-state index in [1.165, 1.54) is 5.56 Å². The van der Waals surface area contributed by atoms with Crippen molar-refractivity contribution in [3.8, 4) is 22.6 Å². The number of carboxylic acids is 1. The number of aromatic carboxylic acids is 1. The number of carbonyl (C=O) groups is 1. The highest BCUT2D eigenvalue weighted by Crippen LogP contribution is 2.28. The Morgan fingerprint density at radius 2 is 2.09 bits per heavy atom. The van der Waals surface area contributed by atoms with Gasteiger partial charge in [0.15, 0.2) is 0 Å². The van der Waals surface area contributed by atoms with Gasteiger partial charge in [-0.15, -0.1) is 0 Å². The Morgan fingerprint density at radius 1 is 1.17 bits per heavy atom. The number of aromatic nitrogens is 2. The Balaban J connectivity index is 1.69. The Morgan fingerprint density at radius 3 is 2.96 bits per heavy atom. The number of ether oxygens (including phenoxy) is 1. The molecule has 0 saturated carbocycles. The van der Waals surface area contributed by atoms with Crippen LogP contribution in [0, 0.1) is 0 Å². The summed E-state index contributed by atoms with van der Waals surface area (Å²) in [5.41, 5.74) is 4.10. The van der Waals surface area contributed by atoms with Gasteiger partial charge in [0.25, 0.3) is 0 Å². The molecule has 0 spiro atoms. The molecule has 2 aromatic carbocycles. The average molecular weight is 306 g/mol. The highest BCUT2D eigenvalue weighted by atomic mass is 16.5. The molecule has 0 amide bonds. The van der Waals surface area contributed by atoms with E-state index in [9.17, 15) is 4.79 Å². The van der Waals surface area contributed by atoms with E-state index in [4.69, 9.17) is 9.84 Å². The van der Waals surface area contributed by atoms with Gasteiger partial charge in [-0.25, -0.2) is 9.48 Å². The maximum absolute atomic E-state index is 11.1. The number of carboxylic acid groups (broad SMARTS) is 1. The minimum atomic E-state index is -0.935. The van der Waals surface area contributed by atoms with Crippen molar-refractivity contribution in [1.82, 2.24) is 9.78 Å². The lowest BCUT2D eigenvalue weighted by molar-refractivity contribution is 0.0697. The normalized spacial score (nSPS) is 12.7. The predicted octanol–water partition coefficient (Wildman–Crippen LogP) is 3.17. The molecule has 1 aliphatic heterocycles. The molecular formula is C18H14N2O3. The second kappa shape index (κ2) is 5.28. The molecule has 0 aliphatic carbocycles. The van der Waals surface area contributed by atoms with E-state index < -0.39 is 5.97 Å². The molecule has 0 saturated heterocycles. The van der Waals surface area contributed by atoms with Crippen LogP contribution in [0.1, 0.15) is 15.9 Å². The number of hydrogen-bond acceptors (Lipinski definition) is 3. The summed E-state index contributed by atoms with van der Waals surface area (Å²) in [7, 11) is 0. The summed E-state index contributed by atoms with van der Waals surface area (Å²) in [5.74, 6) is -0.0255. The van der Waals surface area contributed by atoms with Crippen molar-refractivity contribution < 1.29 is 14.6 Å². The third-order valence-corrected chi connectivity index (χ3v) is 3.97. The maximum Gasteiger partial charge on any atom is 0.335 e. The molecule has 5 nitrogen and oxygen atoms in total. The first-order valence-electron chi connectivity index (χ1n) is 7.35. The molecular weight excluding hydrogens is 292 g/mol. The van der Waals surface area contributed by atoms with Crippen molar-refractivity contribution in [3.05, 3.63) is 66.0 Å². The number of fused-ring (bicyclic) bond motifs is 1. The molecule has 2 heterocycles. The van der Waals surface area contributed by atoms with Gasteiger partial charge >= 0.3 is 5.97 Å². The first-order valence-corrected chi connectivity index (χ1v) is 7.35. The molecule has 0 fully saturated rings. The van der Waals surface area contributed by atoms with E-state index in [0.29, 0.717) is 0 Å². The minimum absolute atomic E-state index is 0.265. The molecule has 114 valence electrons. The summed E-state index contributed by atoms with van der Waals surface area (Å²) in [6, 6.07) is 12.9. The Labute approximate surface area is 132 Å². The Kier molecular flexibility index (Phi) is 3.12. The third kappa shape index (κ3) is 2.46. The fraction of sp³-hybridized carbons (Fsp3) is 0.111. The average Bonchev–Trinajstić information content (AvgIpc) is 3.23. The zero-order valence-corrected chi connectivity index (χ0v) is 12.3. The number of benzene rings is 2. The van der Waals surface area contributed by atoms with Crippen LogP contribution >= 0.6 is 0 Å². The largest absolute Gasteiger partial charge is 0.493 e.